The molecular formula is C76H100N10O12. The van der Waals surface area contributed by atoms with Crippen molar-refractivity contribution in [3.63, 3.8) is 0 Å². The zero-order chi connectivity index (χ0) is 72.5. The van der Waals surface area contributed by atoms with Gasteiger partial charge in [-0.05, 0) is 139 Å². The largest absolute Gasteiger partial charge is 0.444 e. The fourth-order valence-electron chi connectivity index (χ4n) is 11.7. The van der Waals surface area contributed by atoms with Gasteiger partial charge in [0, 0.05) is 50.4 Å². The lowest BCUT2D eigenvalue weighted by Gasteiger charge is -2.37. The first-order chi connectivity index (χ1) is 45.7. The summed E-state index contributed by atoms with van der Waals surface area (Å²) in [5.74, 6) is -4.60. The number of ether oxygens (including phenoxy) is 2. The second-order valence-electron chi connectivity index (χ2n) is 30.1. The van der Waals surface area contributed by atoms with Crippen molar-refractivity contribution >= 4 is 59.4 Å². The first kappa shape index (κ1) is 75.8. The normalized spacial score (nSPS) is 18.3. The van der Waals surface area contributed by atoms with Gasteiger partial charge < -0.3 is 51.2 Å². The molecule has 98 heavy (non-hydrogen) atoms. The molecule has 2 aliphatic heterocycles. The highest BCUT2D eigenvalue weighted by molar-refractivity contribution is 6.00. The first-order valence-corrected chi connectivity index (χ1v) is 33.4. The van der Waals surface area contributed by atoms with E-state index >= 15 is 9.59 Å². The van der Waals surface area contributed by atoms with Crippen LogP contribution in [0.15, 0.2) is 133 Å². The molecule has 0 bridgehead atoms. The maximum atomic E-state index is 15.2. The monoisotopic (exact) mass is 1340 g/mol. The summed E-state index contributed by atoms with van der Waals surface area (Å²) in [6, 6.07) is 30.4. The molecule has 0 spiro atoms. The highest BCUT2D eigenvalue weighted by Crippen LogP contribution is 2.32. The summed E-state index contributed by atoms with van der Waals surface area (Å²) in [5, 5.41) is 18.2. The van der Waals surface area contributed by atoms with E-state index in [0.717, 1.165) is 43.2 Å². The Morgan fingerprint density at radius 1 is 0.429 bits per heavy atom. The summed E-state index contributed by atoms with van der Waals surface area (Å²) in [6.45, 7) is 27.6. The van der Waals surface area contributed by atoms with Crippen molar-refractivity contribution in [3.8, 4) is 0 Å². The molecule has 2 heterocycles. The predicted molar refractivity (Wildman–Crippen MR) is 374 cm³/mol. The molecule has 2 saturated heterocycles. The van der Waals surface area contributed by atoms with Crippen LogP contribution in [0.2, 0.25) is 0 Å². The molecule has 2 fully saturated rings. The van der Waals surface area contributed by atoms with E-state index in [1.165, 1.54) is 62.0 Å². The second kappa shape index (κ2) is 31.3. The minimum absolute atomic E-state index is 0.0198. The van der Waals surface area contributed by atoms with Crippen molar-refractivity contribution in [1.82, 2.24) is 51.5 Å². The summed E-state index contributed by atoms with van der Waals surface area (Å²) in [4.78, 5) is 148. The van der Waals surface area contributed by atoms with E-state index in [1.54, 1.807) is 83.1 Å². The number of carbonyl (C=O) groups is 10. The van der Waals surface area contributed by atoms with Gasteiger partial charge in [0.2, 0.25) is 35.4 Å². The topological polar surface area (TPSA) is 274 Å². The average Bonchev–Trinajstić information content (AvgIpc) is 1.60. The molecule has 0 aliphatic carbocycles. The second-order valence-corrected chi connectivity index (χ2v) is 30.1. The van der Waals surface area contributed by atoms with Gasteiger partial charge in [-0.2, -0.15) is 0 Å². The quantitative estimate of drug-likeness (QED) is 0.0426. The Hall–Kier alpha value is -9.60. The molecule has 22 heteroatoms. The zero-order valence-corrected chi connectivity index (χ0v) is 60.0. The Kier molecular flexibility index (Phi) is 24.2. The van der Waals surface area contributed by atoms with Crippen LogP contribution in [0, 0.1) is 24.7 Å². The molecule has 526 valence electrons. The van der Waals surface area contributed by atoms with Crippen molar-refractivity contribution in [2.75, 3.05) is 27.2 Å². The SMILES string of the molecule is Cc1ccc([C@H](NC(=O)C2C[C@H](NC(=O)c3ccc(C(=O)N[C@H]4C[C@@H](C(=O)N[C@H](c5ccccc5)c5ccc(C)cc5)N(C(=O)[C@@H](NC(=O)[C@H](C)N(C)C(=O)OC(C)(C)C)C(C)(C)C)C4)cc3)CN2C(=O)[C@@H](NC(=O)[C@H](C)N(C)C(=O)OC(C)(C)C)C(C)(C)C)c2ccccc2)cc1. The van der Waals surface area contributed by atoms with Crippen molar-refractivity contribution in [1.29, 1.82) is 0 Å². The van der Waals surface area contributed by atoms with Crippen LogP contribution in [0.1, 0.15) is 176 Å². The van der Waals surface area contributed by atoms with Crippen LogP contribution in [0.25, 0.3) is 0 Å². The summed E-state index contributed by atoms with van der Waals surface area (Å²) in [7, 11) is 2.85. The van der Waals surface area contributed by atoms with Gasteiger partial charge in [-0.1, -0.05) is 162 Å². The number of nitrogens with zero attached hydrogens (tertiary/aromatic N) is 4. The molecule has 7 rings (SSSR count). The summed E-state index contributed by atoms with van der Waals surface area (Å²) in [6.07, 6.45) is -1.52. The van der Waals surface area contributed by atoms with Gasteiger partial charge in [0.15, 0.2) is 0 Å². The summed E-state index contributed by atoms with van der Waals surface area (Å²) >= 11 is 0. The maximum Gasteiger partial charge on any atom is 0.410 e. The molecule has 0 saturated carbocycles. The molecule has 10 atom stereocenters. The molecule has 10 amide bonds. The van der Waals surface area contributed by atoms with Gasteiger partial charge in [0.25, 0.3) is 11.8 Å². The van der Waals surface area contributed by atoms with Gasteiger partial charge >= 0.3 is 12.2 Å². The number of likely N-dealkylation sites (N-methyl/N-ethyl adjacent to an activating group) is 2. The number of hydrogen-bond donors (Lipinski definition) is 6. The minimum atomic E-state index is -1.22. The molecule has 0 radical (unpaired) electrons. The standard InChI is InChI=1S/C76H100N10O12/c1-45-29-33-51(34-30-45)59(49-25-21-19-22-26-49)79-67(91)57-41-55(43-85(57)69(93)61(73(5,6)7)81-63(87)47(3)83(17)71(95)97-75(11,12)13)77-65(89)53-37-39-54(40-38-53)66(90)78-56-42-58(68(92)80-60(50-27-23-20-24-28-50)52-35-31-46(2)32-36-52)86(44-56)70(94)62(74(8,9)10)82-64(88)48(4)84(18)72(96)98-76(14,15)16/h19-40,47-48,55-62H,41-44H2,1-18H3,(H,77,89)(H,78,90)(H,79,91)(H,80,92)(H,81,87)(H,82,88)/t47-,48-,55-,56-,57-,58?,59+,60+,61+,62+/m0/s1. The van der Waals surface area contributed by atoms with E-state index < -0.39 is 142 Å². The Morgan fingerprint density at radius 2 is 0.724 bits per heavy atom. The van der Waals surface area contributed by atoms with Crippen molar-refractivity contribution < 1.29 is 57.4 Å². The fourth-order valence-corrected chi connectivity index (χ4v) is 11.7. The first-order valence-electron chi connectivity index (χ1n) is 33.4. The van der Waals surface area contributed by atoms with Crippen LogP contribution in [0.5, 0.6) is 0 Å². The van der Waals surface area contributed by atoms with Crippen LogP contribution in [-0.4, -0.2) is 166 Å². The third-order valence-electron chi connectivity index (χ3n) is 17.6. The Bertz CT molecular complexity index is 3430. The third kappa shape index (κ3) is 19.8. The van der Waals surface area contributed by atoms with E-state index in [9.17, 15) is 38.4 Å². The van der Waals surface area contributed by atoms with Crippen LogP contribution >= 0.6 is 0 Å². The van der Waals surface area contributed by atoms with Crippen LogP contribution in [-0.2, 0) is 38.2 Å². The van der Waals surface area contributed by atoms with E-state index in [2.05, 4.69) is 31.9 Å². The lowest BCUT2D eigenvalue weighted by Crippen LogP contribution is -2.60. The van der Waals surface area contributed by atoms with Gasteiger partial charge in [-0.15, -0.1) is 0 Å². The summed E-state index contributed by atoms with van der Waals surface area (Å²) < 4.78 is 11.0. The molecule has 6 N–H and O–H groups in total. The third-order valence-corrected chi connectivity index (χ3v) is 17.6. The Labute approximate surface area is 577 Å². The number of aryl methyl sites for hydroxylation is 2. The van der Waals surface area contributed by atoms with Gasteiger partial charge in [-0.25, -0.2) is 9.59 Å². The lowest BCUT2D eigenvalue weighted by molar-refractivity contribution is -0.144. The predicted octanol–water partition coefficient (Wildman–Crippen LogP) is 9.09. The lowest BCUT2D eigenvalue weighted by atomic mass is 9.85. The number of amides is 10. The number of benzene rings is 5. The van der Waals surface area contributed by atoms with Gasteiger partial charge in [0.05, 0.1) is 12.1 Å². The van der Waals surface area contributed by atoms with E-state index in [4.69, 9.17) is 9.47 Å². The van der Waals surface area contributed by atoms with E-state index in [0.29, 0.717) is 0 Å². The molecule has 1 unspecified atom stereocenters. The fraction of sp³-hybridized carbons (Fsp3) is 0.474. The number of rotatable bonds is 20. The minimum Gasteiger partial charge on any atom is -0.444 e. The molecule has 22 nitrogen and oxygen atoms in total. The van der Waals surface area contributed by atoms with Crippen LogP contribution in [0.3, 0.4) is 0 Å². The number of likely N-dealkylation sites (tertiary alicyclic amines) is 2. The molecule has 5 aromatic rings. The number of hydrogen-bond acceptors (Lipinski definition) is 12. The molecule has 5 aromatic carbocycles. The number of carbonyl (C=O) groups excluding carboxylic acids is 10. The molecular weight excluding hydrogens is 1240 g/mol. The zero-order valence-electron chi connectivity index (χ0n) is 60.0. The Balaban J connectivity index is 1.13. The Morgan fingerprint density at radius 3 is 1.01 bits per heavy atom. The highest BCUT2D eigenvalue weighted by atomic mass is 16.6. The molecule has 0 aromatic heterocycles. The van der Waals surface area contributed by atoms with Crippen LogP contribution in [0.4, 0.5) is 9.59 Å². The van der Waals surface area contributed by atoms with Crippen molar-refractivity contribution in [2.24, 2.45) is 10.8 Å². The van der Waals surface area contributed by atoms with Crippen LogP contribution < -0.4 is 31.9 Å². The number of nitrogens with one attached hydrogen (secondary N) is 6. The van der Waals surface area contributed by atoms with Gasteiger partial charge in [-0.3, -0.25) is 48.2 Å². The average molecular weight is 1350 g/mol. The van der Waals surface area contributed by atoms with Gasteiger partial charge in [0.1, 0.15) is 47.5 Å². The maximum absolute atomic E-state index is 15.2. The summed E-state index contributed by atoms with van der Waals surface area (Å²) in [5.41, 5.74) is 1.94. The van der Waals surface area contributed by atoms with Crippen molar-refractivity contribution in [3.05, 3.63) is 178 Å². The van der Waals surface area contributed by atoms with Crippen molar-refractivity contribution in [2.45, 2.75) is 195 Å². The smallest absolute Gasteiger partial charge is 0.410 e. The van der Waals surface area contributed by atoms with E-state index in [-0.39, 0.29) is 37.1 Å². The highest BCUT2D eigenvalue weighted by Gasteiger charge is 2.49. The molecule has 2 aliphatic rings. The van der Waals surface area contributed by atoms with E-state index in [1.807, 2.05) is 123 Å².